The van der Waals surface area contributed by atoms with E-state index in [1.165, 1.54) is 56.2 Å². The number of fused-ring (bicyclic) bond motifs is 1. The number of nitrogens with one attached hydrogen (secondary N) is 1. The third-order valence-electron chi connectivity index (χ3n) is 5.41. The van der Waals surface area contributed by atoms with Crippen molar-refractivity contribution in [3.63, 3.8) is 0 Å². The first-order valence-corrected chi connectivity index (χ1v) is 8.76. The van der Waals surface area contributed by atoms with E-state index in [1.807, 2.05) is 6.92 Å². The Morgan fingerprint density at radius 3 is 2.67 bits per heavy atom. The van der Waals surface area contributed by atoms with Crippen molar-refractivity contribution in [1.82, 2.24) is 0 Å². The molecule has 2 nitrogen and oxygen atoms in total. The molecule has 1 aromatic rings. The lowest BCUT2D eigenvalue weighted by Crippen LogP contribution is -2.34. The van der Waals surface area contributed by atoms with E-state index in [4.69, 9.17) is 4.74 Å². The lowest BCUT2D eigenvalue weighted by Gasteiger charge is -2.40. The molecule has 0 radical (unpaired) electrons. The molecule has 0 bridgehead atoms. The topological polar surface area (TPSA) is 21.3 Å². The van der Waals surface area contributed by atoms with Gasteiger partial charge in [-0.2, -0.15) is 0 Å². The maximum Gasteiger partial charge on any atom is 0.119 e. The number of hydrogen-bond donors (Lipinski definition) is 1. The fraction of sp³-hybridized carbons (Fsp3) is 0.684. The highest BCUT2D eigenvalue weighted by molar-refractivity contribution is 5.54. The van der Waals surface area contributed by atoms with Crippen molar-refractivity contribution >= 4 is 5.69 Å². The van der Waals surface area contributed by atoms with E-state index in [1.54, 1.807) is 0 Å². The van der Waals surface area contributed by atoms with E-state index in [-0.39, 0.29) is 0 Å². The van der Waals surface area contributed by atoms with Gasteiger partial charge < -0.3 is 10.1 Å². The minimum absolute atomic E-state index is 0.668. The van der Waals surface area contributed by atoms with E-state index in [2.05, 4.69) is 30.4 Å². The zero-order chi connectivity index (χ0) is 14.7. The number of rotatable bonds is 4. The quantitative estimate of drug-likeness (QED) is 0.825. The summed E-state index contributed by atoms with van der Waals surface area (Å²) in [5.41, 5.74) is 2.59. The molecule has 1 aromatic carbocycles. The minimum Gasteiger partial charge on any atom is -0.494 e. The Morgan fingerprint density at radius 2 is 1.90 bits per heavy atom. The third-order valence-corrected chi connectivity index (χ3v) is 5.41. The van der Waals surface area contributed by atoms with Crippen LogP contribution in [0, 0.1) is 18.8 Å². The standard InChI is InChI=1S/C19H29NO/c1-3-21-18-10-11-19(14(2)12-18)20-17-9-8-15-6-4-5-7-16(15)13-17/h10-12,15-17,20H,3-9,13H2,1-2H3. The average molecular weight is 287 g/mol. The van der Waals surface area contributed by atoms with E-state index in [9.17, 15) is 0 Å². The van der Waals surface area contributed by atoms with Crippen molar-refractivity contribution in [2.24, 2.45) is 11.8 Å². The second kappa shape index (κ2) is 6.72. The molecule has 116 valence electrons. The van der Waals surface area contributed by atoms with Crippen molar-refractivity contribution < 1.29 is 4.74 Å². The fourth-order valence-corrected chi connectivity index (χ4v) is 4.28. The predicted molar refractivity (Wildman–Crippen MR) is 89.1 cm³/mol. The Morgan fingerprint density at radius 1 is 1.10 bits per heavy atom. The van der Waals surface area contributed by atoms with Crippen molar-refractivity contribution in [3.05, 3.63) is 23.8 Å². The predicted octanol–water partition coefficient (Wildman–Crippen LogP) is 5.16. The number of ether oxygens (including phenoxy) is 1. The Kier molecular flexibility index (Phi) is 4.72. The summed E-state index contributed by atoms with van der Waals surface area (Å²) in [6.45, 7) is 4.94. The lowest BCUT2D eigenvalue weighted by molar-refractivity contribution is 0.162. The number of benzene rings is 1. The maximum absolute atomic E-state index is 5.57. The van der Waals surface area contributed by atoms with E-state index in [0.717, 1.165) is 24.2 Å². The van der Waals surface area contributed by atoms with Gasteiger partial charge in [-0.1, -0.05) is 25.7 Å². The highest BCUT2D eigenvalue weighted by Gasteiger charge is 2.32. The van der Waals surface area contributed by atoms with Crippen LogP contribution in [0.3, 0.4) is 0 Å². The van der Waals surface area contributed by atoms with Crippen LogP contribution < -0.4 is 10.1 Å². The second-order valence-corrected chi connectivity index (χ2v) is 6.87. The molecule has 0 saturated heterocycles. The zero-order valence-corrected chi connectivity index (χ0v) is 13.5. The summed E-state index contributed by atoms with van der Waals surface area (Å²) in [4.78, 5) is 0. The Bertz CT molecular complexity index is 471. The van der Waals surface area contributed by atoms with Gasteiger partial charge >= 0.3 is 0 Å². The highest BCUT2D eigenvalue weighted by Crippen LogP contribution is 2.41. The van der Waals surface area contributed by atoms with Crippen molar-refractivity contribution in [3.8, 4) is 5.75 Å². The van der Waals surface area contributed by atoms with Crippen LogP contribution >= 0.6 is 0 Å². The highest BCUT2D eigenvalue weighted by atomic mass is 16.5. The van der Waals surface area contributed by atoms with Gasteiger partial charge in [-0.05, 0) is 68.7 Å². The molecule has 3 atom stereocenters. The second-order valence-electron chi connectivity index (χ2n) is 6.87. The molecule has 21 heavy (non-hydrogen) atoms. The third kappa shape index (κ3) is 3.53. The molecule has 0 amide bonds. The summed E-state index contributed by atoms with van der Waals surface area (Å²) in [7, 11) is 0. The van der Waals surface area contributed by atoms with Crippen molar-refractivity contribution in [1.29, 1.82) is 0 Å². The molecule has 0 aliphatic heterocycles. The fourth-order valence-electron chi connectivity index (χ4n) is 4.28. The van der Waals surface area contributed by atoms with Gasteiger partial charge in [0.15, 0.2) is 0 Å². The molecule has 3 unspecified atom stereocenters. The van der Waals surface area contributed by atoms with Gasteiger partial charge in [0.25, 0.3) is 0 Å². The summed E-state index contributed by atoms with van der Waals surface area (Å²) in [6, 6.07) is 7.09. The lowest BCUT2D eigenvalue weighted by atomic mass is 9.69. The van der Waals surface area contributed by atoms with Crippen LogP contribution in [-0.2, 0) is 0 Å². The van der Waals surface area contributed by atoms with Crippen LogP contribution in [0.5, 0.6) is 5.75 Å². The maximum atomic E-state index is 5.57. The monoisotopic (exact) mass is 287 g/mol. The van der Waals surface area contributed by atoms with Crippen LogP contribution in [0.1, 0.15) is 57.4 Å². The van der Waals surface area contributed by atoms with Crippen LogP contribution in [0.15, 0.2) is 18.2 Å². The summed E-state index contributed by atoms with van der Waals surface area (Å²) in [5.74, 6) is 2.99. The van der Waals surface area contributed by atoms with E-state index in [0.29, 0.717) is 6.04 Å². The Labute approximate surface area is 129 Å². The first kappa shape index (κ1) is 14.7. The van der Waals surface area contributed by atoms with Gasteiger partial charge in [0.2, 0.25) is 0 Å². The summed E-state index contributed by atoms with van der Waals surface area (Å²) < 4.78 is 5.57. The number of hydrogen-bond acceptors (Lipinski definition) is 2. The molecule has 2 aliphatic carbocycles. The molecule has 1 N–H and O–H groups in total. The molecular weight excluding hydrogens is 258 g/mol. The largest absolute Gasteiger partial charge is 0.494 e. The van der Waals surface area contributed by atoms with E-state index >= 15 is 0 Å². The summed E-state index contributed by atoms with van der Waals surface area (Å²) in [6.07, 6.45) is 10.0. The van der Waals surface area contributed by atoms with Crippen molar-refractivity contribution in [2.75, 3.05) is 11.9 Å². The van der Waals surface area contributed by atoms with Gasteiger partial charge in [-0.3, -0.25) is 0 Å². The van der Waals surface area contributed by atoms with Gasteiger partial charge in [-0.25, -0.2) is 0 Å². The van der Waals surface area contributed by atoms with E-state index < -0.39 is 0 Å². The molecule has 2 aliphatic rings. The molecule has 2 heteroatoms. The number of anilines is 1. The van der Waals surface area contributed by atoms with Crippen LogP contribution in [-0.4, -0.2) is 12.6 Å². The molecular formula is C19H29NO. The molecule has 3 rings (SSSR count). The molecule has 2 saturated carbocycles. The molecule has 0 aromatic heterocycles. The smallest absolute Gasteiger partial charge is 0.119 e. The number of aryl methyl sites for hydroxylation is 1. The first-order chi connectivity index (χ1) is 10.3. The normalized spacial score (nSPS) is 28.8. The molecule has 0 spiro atoms. The van der Waals surface area contributed by atoms with Gasteiger partial charge in [0.05, 0.1) is 6.61 Å². The molecule has 2 fully saturated rings. The Hall–Kier alpha value is -1.18. The van der Waals surface area contributed by atoms with Gasteiger partial charge in [0.1, 0.15) is 5.75 Å². The van der Waals surface area contributed by atoms with Gasteiger partial charge in [-0.15, -0.1) is 0 Å². The molecule has 0 heterocycles. The Balaban J connectivity index is 1.61. The van der Waals surface area contributed by atoms with Crippen molar-refractivity contribution in [2.45, 2.75) is 64.8 Å². The zero-order valence-electron chi connectivity index (χ0n) is 13.5. The average Bonchev–Trinajstić information content (AvgIpc) is 2.50. The summed E-state index contributed by atoms with van der Waals surface area (Å²) >= 11 is 0. The van der Waals surface area contributed by atoms with Crippen LogP contribution in [0.25, 0.3) is 0 Å². The van der Waals surface area contributed by atoms with Crippen LogP contribution in [0.4, 0.5) is 5.69 Å². The SMILES string of the molecule is CCOc1ccc(NC2CCC3CCCCC3C2)c(C)c1. The minimum atomic E-state index is 0.668. The summed E-state index contributed by atoms with van der Waals surface area (Å²) in [5, 5.41) is 3.80. The van der Waals surface area contributed by atoms with Crippen LogP contribution in [0.2, 0.25) is 0 Å². The van der Waals surface area contributed by atoms with Gasteiger partial charge in [0, 0.05) is 11.7 Å². The first-order valence-electron chi connectivity index (χ1n) is 8.76.